The van der Waals surface area contributed by atoms with Gasteiger partial charge in [-0.3, -0.25) is 9.36 Å². The smallest absolute Gasteiger partial charge is 0.279 e. The zero-order chi connectivity index (χ0) is 20.8. The molecule has 0 amide bonds. The summed E-state index contributed by atoms with van der Waals surface area (Å²) in [6, 6.07) is 15.2. The van der Waals surface area contributed by atoms with Crippen molar-refractivity contribution in [3.05, 3.63) is 96.0 Å². The number of benzene rings is 2. The Kier molecular flexibility index (Phi) is 4.88. The molecule has 0 bridgehead atoms. The quantitative estimate of drug-likeness (QED) is 0.453. The number of thiophene rings is 1. The maximum atomic E-state index is 13.6. The summed E-state index contributed by atoms with van der Waals surface area (Å²) in [5.41, 5.74) is 3.22. The number of hydrogen-bond donors (Lipinski definition) is 0. The zero-order valence-corrected chi connectivity index (χ0v) is 18.2. The molecule has 0 spiro atoms. The lowest BCUT2D eigenvalue weighted by Gasteiger charge is -2.14. The van der Waals surface area contributed by atoms with Gasteiger partial charge in [0.05, 0.1) is 17.6 Å². The van der Waals surface area contributed by atoms with Crippen molar-refractivity contribution in [2.45, 2.75) is 39.2 Å². The number of aryl methyl sites for hydroxylation is 3. The van der Waals surface area contributed by atoms with Crippen LogP contribution in [0.15, 0.2) is 58.1 Å². The first-order valence-corrected chi connectivity index (χ1v) is 11.4. The van der Waals surface area contributed by atoms with Crippen molar-refractivity contribution in [1.29, 1.82) is 0 Å². The van der Waals surface area contributed by atoms with E-state index in [0.29, 0.717) is 22.6 Å². The van der Waals surface area contributed by atoms with Gasteiger partial charge in [0.25, 0.3) is 5.56 Å². The molecule has 6 heteroatoms. The van der Waals surface area contributed by atoms with Crippen molar-refractivity contribution < 1.29 is 0 Å². The average molecular weight is 437 g/mol. The molecule has 152 valence electrons. The molecule has 4 nitrogen and oxygen atoms in total. The number of aromatic nitrogens is 2. The molecular weight excluding hydrogens is 416 g/mol. The van der Waals surface area contributed by atoms with Crippen molar-refractivity contribution in [1.82, 2.24) is 9.13 Å². The number of rotatable bonds is 4. The highest BCUT2D eigenvalue weighted by atomic mass is 35.5. The van der Waals surface area contributed by atoms with E-state index >= 15 is 0 Å². The Hall–Kier alpha value is -2.63. The number of hydrogen-bond acceptors (Lipinski definition) is 3. The minimum atomic E-state index is -0.323. The van der Waals surface area contributed by atoms with Gasteiger partial charge >= 0.3 is 5.69 Å². The number of fused-ring (bicyclic) bond motifs is 3. The molecule has 5 rings (SSSR count). The maximum Gasteiger partial charge on any atom is 0.337 e. The molecule has 2 aromatic heterocycles. The van der Waals surface area contributed by atoms with Crippen molar-refractivity contribution in [2.24, 2.45) is 0 Å². The molecule has 4 aromatic rings. The first-order chi connectivity index (χ1) is 14.6. The fourth-order valence-electron chi connectivity index (χ4n) is 4.25. The van der Waals surface area contributed by atoms with Crippen LogP contribution in [0.2, 0.25) is 5.02 Å². The third-order valence-electron chi connectivity index (χ3n) is 5.88. The fraction of sp³-hybridized carbons (Fsp3) is 0.250. The van der Waals surface area contributed by atoms with Gasteiger partial charge in [0.1, 0.15) is 4.83 Å². The highest BCUT2D eigenvalue weighted by Gasteiger charge is 2.25. The summed E-state index contributed by atoms with van der Waals surface area (Å²) in [4.78, 5) is 29.1. The molecular formula is C24H21ClN2O2S. The van der Waals surface area contributed by atoms with Crippen LogP contribution in [0.1, 0.15) is 34.9 Å². The molecule has 0 fully saturated rings. The highest BCUT2D eigenvalue weighted by Crippen LogP contribution is 2.35. The van der Waals surface area contributed by atoms with Gasteiger partial charge in [0, 0.05) is 9.90 Å². The number of halogens is 1. The lowest BCUT2D eigenvalue weighted by Crippen LogP contribution is -2.39. The summed E-state index contributed by atoms with van der Waals surface area (Å²) in [7, 11) is 0. The third kappa shape index (κ3) is 3.04. The van der Waals surface area contributed by atoms with E-state index in [2.05, 4.69) is 6.92 Å². The molecule has 2 aromatic carbocycles. The Morgan fingerprint density at radius 1 is 1.03 bits per heavy atom. The second kappa shape index (κ2) is 7.56. The summed E-state index contributed by atoms with van der Waals surface area (Å²) in [6.45, 7) is 2.42. The first-order valence-electron chi connectivity index (χ1n) is 10.2. The van der Waals surface area contributed by atoms with Crippen LogP contribution in [0.25, 0.3) is 15.9 Å². The van der Waals surface area contributed by atoms with Crippen molar-refractivity contribution in [3.63, 3.8) is 0 Å². The Morgan fingerprint density at radius 3 is 2.53 bits per heavy atom. The van der Waals surface area contributed by atoms with Crippen LogP contribution in [0, 0.1) is 0 Å². The van der Waals surface area contributed by atoms with E-state index in [9.17, 15) is 9.59 Å². The summed E-state index contributed by atoms with van der Waals surface area (Å²) < 4.78 is 3.04. The van der Waals surface area contributed by atoms with Gasteiger partial charge in [-0.2, -0.15) is 0 Å². The lowest BCUT2D eigenvalue weighted by atomic mass is 10.1. The monoisotopic (exact) mass is 436 g/mol. The van der Waals surface area contributed by atoms with E-state index in [-0.39, 0.29) is 11.2 Å². The van der Waals surface area contributed by atoms with Crippen LogP contribution in [-0.4, -0.2) is 9.13 Å². The summed E-state index contributed by atoms with van der Waals surface area (Å²) >= 11 is 7.98. The van der Waals surface area contributed by atoms with E-state index in [1.165, 1.54) is 15.0 Å². The predicted octanol–water partition coefficient (Wildman–Crippen LogP) is 4.97. The fourth-order valence-corrected chi connectivity index (χ4v) is 5.82. The van der Waals surface area contributed by atoms with Gasteiger partial charge in [0.2, 0.25) is 0 Å². The van der Waals surface area contributed by atoms with E-state index in [1.54, 1.807) is 15.9 Å². The van der Waals surface area contributed by atoms with Crippen LogP contribution >= 0.6 is 22.9 Å². The SMILES string of the molecule is CCc1ccc(-n2c(=O)c3c4c(sc3n(Cc3ccccc3Cl)c2=O)CCC4)cc1. The number of nitrogens with zero attached hydrogens (tertiary/aromatic N) is 2. The highest BCUT2D eigenvalue weighted by molar-refractivity contribution is 7.18. The van der Waals surface area contributed by atoms with Crippen LogP contribution in [0.5, 0.6) is 0 Å². The largest absolute Gasteiger partial charge is 0.337 e. The van der Waals surface area contributed by atoms with Gasteiger partial charge in [-0.05, 0) is 60.6 Å². The predicted molar refractivity (Wildman–Crippen MR) is 124 cm³/mol. The van der Waals surface area contributed by atoms with Gasteiger partial charge in [-0.15, -0.1) is 11.3 Å². The van der Waals surface area contributed by atoms with Crippen molar-refractivity contribution in [2.75, 3.05) is 0 Å². The molecule has 1 aliphatic rings. The van der Waals surface area contributed by atoms with Crippen molar-refractivity contribution >= 4 is 33.2 Å². The molecule has 0 saturated heterocycles. The second-order valence-electron chi connectivity index (χ2n) is 7.66. The summed E-state index contributed by atoms with van der Waals surface area (Å²) in [5, 5.41) is 1.31. The third-order valence-corrected chi connectivity index (χ3v) is 7.56. The molecule has 0 unspecified atom stereocenters. The molecule has 30 heavy (non-hydrogen) atoms. The first kappa shape index (κ1) is 19.3. The van der Waals surface area contributed by atoms with E-state index in [1.807, 2.05) is 48.5 Å². The van der Waals surface area contributed by atoms with Gasteiger partial charge < -0.3 is 0 Å². The zero-order valence-electron chi connectivity index (χ0n) is 16.7. The second-order valence-corrected chi connectivity index (χ2v) is 9.15. The molecule has 0 N–H and O–H groups in total. The molecule has 0 atom stereocenters. The summed E-state index contributed by atoms with van der Waals surface area (Å²) in [5.74, 6) is 0. The van der Waals surface area contributed by atoms with Crippen molar-refractivity contribution in [3.8, 4) is 5.69 Å². The normalized spacial score (nSPS) is 13.1. The standard InChI is InChI=1S/C24H21ClN2O2S/c1-2-15-10-12-17(13-11-15)27-22(28)21-18-7-5-9-20(18)30-23(21)26(24(27)29)14-16-6-3-4-8-19(16)25/h3-4,6,8,10-13H,2,5,7,9,14H2,1H3. The topological polar surface area (TPSA) is 44.0 Å². The molecule has 0 aliphatic heterocycles. The van der Waals surface area contributed by atoms with E-state index in [4.69, 9.17) is 11.6 Å². The minimum Gasteiger partial charge on any atom is -0.279 e. The molecule has 0 saturated carbocycles. The van der Waals surface area contributed by atoms with Gasteiger partial charge in [0.15, 0.2) is 0 Å². The Morgan fingerprint density at radius 2 is 1.80 bits per heavy atom. The molecule has 2 heterocycles. The molecule has 1 aliphatic carbocycles. The Balaban J connectivity index is 1.81. The molecule has 0 radical (unpaired) electrons. The van der Waals surface area contributed by atoms with Gasteiger partial charge in [-0.1, -0.05) is 48.9 Å². The minimum absolute atomic E-state index is 0.214. The lowest BCUT2D eigenvalue weighted by molar-refractivity contribution is 0.718. The van der Waals surface area contributed by atoms with Crippen LogP contribution in [0.4, 0.5) is 0 Å². The Labute approximate surface area is 183 Å². The van der Waals surface area contributed by atoms with E-state index < -0.39 is 0 Å². The van der Waals surface area contributed by atoms with E-state index in [0.717, 1.165) is 41.6 Å². The van der Waals surface area contributed by atoms with Crippen LogP contribution < -0.4 is 11.2 Å². The maximum absolute atomic E-state index is 13.6. The van der Waals surface area contributed by atoms with Crippen LogP contribution in [0.3, 0.4) is 0 Å². The average Bonchev–Trinajstić information content (AvgIpc) is 3.34. The summed E-state index contributed by atoms with van der Waals surface area (Å²) in [6.07, 6.45) is 3.83. The Bertz CT molecular complexity index is 1380. The van der Waals surface area contributed by atoms with Gasteiger partial charge in [-0.25, -0.2) is 9.36 Å². The van der Waals surface area contributed by atoms with Crippen LogP contribution in [-0.2, 0) is 25.8 Å².